The standard InChI is InChI=1S/C16H18N2O3/c1-2-3-7-18-8-6-11-12-9-10(16(20)21)4-5-13(12)17-14(11)15(18)19/h4-5,9,17H,2-3,6-8H2,1H3,(H,20,21). The topological polar surface area (TPSA) is 73.4 Å². The molecule has 2 aromatic rings. The van der Waals surface area contributed by atoms with Crippen LogP contribution in [0.15, 0.2) is 18.2 Å². The number of hydrogen-bond acceptors (Lipinski definition) is 2. The number of carboxylic acid groups (broad SMARTS) is 1. The van der Waals surface area contributed by atoms with E-state index in [0.717, 1.165) is 42.3 Å². The van der Waals surface area contributed by atoms with Gasteiger partial charge in [0.2, 0.25) is 0 Å². The van der Waals surface area contributed by atoms with Gasteiger partial charge >= 0.3 is 5.97 Å². The number of amides is 1. The number of rotatable bonds is 4. The number of aromatic amines is 1. The number of aromatic nitrogens is 1. The second kappa shape index (κ2) is 5.24. The summed E-state index contributed by atoms with van der Waals surface area (Å²) in [5.41, 5.74) is 2.65. The van der Waals surface area contributed by atoms with Crippen LogP contribution in [0.3, 0.4) is 0 Å². The van der Waals surface area contributed by atoms with Crippen LogP contribution < -0.4 is 0 Å². The fourth-order valence-electron chi connectivity index (χ4n) is 2.89. The number of nitrogens with zero attached hydrogens (tertiary/aromatic N) is 1. The number of benzene rings is 1. The molecule has 1 aliphatic heterocycles. The summed E-state index contributed by atoms with van der Waals surface area (Å²) in [6.07, 6.45) is 2.84. The van der Waals surface area contributed by atoms with Crippen molar-refractivity contribution in [2.24, 2.45) is 0 Å². The summed E-state index contributed by atoms with van der Waals surface area (Å²) in [6.45, 7) is 3.59. The molecule has 0 fully saturated rings. The number of aromatic carboxylic acids is 1. The van der Waals surface area contributed by atoms with E-state index in [-0.39, 0.29) is 11.5 Å². The molecule has 0 unspecified atom stereocenters. The highest BCUT2D eigenvalue weighted by Crippen LogP contribution is 2.28. The molecule has 0 bridgehead atoms. The van der Waals surface area contributed by atoms with E-state index in [9.17, 15) is 9.59 Å². The molecule has 0 aliphatic carbocycles. The Kier molecular flexibility index (Phi) is 3.41. The van der Waals surface area contributed by atoms with Gasteiger partial charge in [-0.2, -0.15) is 0 Å². The summed E-state index contributed by atoms with van der Waals surface area (Å²) < 4.78 is 0. The molecule has 0 atom stereocenters. The van der Waals surface area contributed by atoms with Crippen molar-refractivity contribution in [2.75, 3.05) is 13.1 Å². The lowest BCUT2D eigenvalue weighted by atomic mass is 10.0. The summed E-state index contributed by atoms with van der Waals surface area (Å²) in [6, 6.07) is 4.95. The second-order valence-corrected chi connectivity index (χ2v) is 5.44. The predicted molar refractivity (Wildman–Crippen MR) is 79.8 cm³/mol. The lowest BCUT2D eigenvalue weighted by Crippen LogP contribution is -2.38. The smallest absolute Gasteiger partial charge is 0.335 e. The number of carbonyl (C=O) groups excluding carboxylic acids is 1. The van der Waals surface area contributed by atoms with Gasteiger partial charge in [-0.3, -0.25) is 4.79 Å². The van der Waals surface area contributed by atoms with Crippen LogP contribution in [0.25, 0.3) is 10.9 Å². The van der Waals surface area contributed by atoms with Crippen LogP contribution in [0.4, 0.5) is 0 Å². The Morgan fingerprint density at radius 2 is 2.24 bits per heavy atom. The first-order valence-electron chi connectivity index (χ1n) is 7.29. The Morgan fingerprint density at radius 3 is 2.95 bits per heavy atom. The largest absolute Gasteiger partial charge is 0.478 e. The minimum absolute atomic E-state index is 0.0257. The SMILES string of the molecule is CCCCN1CCc2c([nH]c3ccc(C(=O)O)cc23)C1=O. The molecule has 1 amide bonds. The number of hydrogen-bond donors (Lipinski definition) is 2. The van der Waals surface area contributed by atoms with E-state index in [4.69, 9.17) is 5.11 Å². The molecule has 5 heteroatoms. The van der Waals surface area contributed by atoms with E-state index in [1.807, 2.05) is 4.90 Å². The molecular formula is C16H18N2O3. The number of unbranched alkanes of at least 4 members (excludes halogenated alkanes) is 1. The lowest BCUT2D eigenvalue weighted by Gasteiger charge is -2.26. The molecular weight excluding hydrogens is 268 g/mol. The molecule has 110 valence electrons. The summed E-state index contributed by atoms with van der Waals surface area (Å²) >= 11 is 0. The number of carbonyl (C=O) groups is 2. The van der Waals surface area contributed by atoms with E-state index in [1.165, 1.54) is 0 Å². The highest BCUT2D eigenvalue weighted by Gasteiger charge is 2.27. The van der Waals surface area contributed by atoms with Crippen molar-refractivity contribution in [3.05, 3.63) is 35.0 Å². The summed E-state index contributed by atoms with van der Waals surface area (Å²) in [5, 5.41) is 9.95. The van der Waals surface area contributed by atoms with Gasteiger partial charge in [-0.25, -0.2) is 4.79 Å². The van der Waals surface area contributed by atoms with Crippen molar-refractivity contribution >= 4 is 22.8 Å². The van der Waals surface area contributed by atoms with Crippen molar-refractivity contribution in [2.45, 2.75) is 26.2 Å². The molecule has 0 radical (unpaired) electrons. The molecule has 0 saturated heterocycles. The summed E-state index contributed by atoms with van der Waals surface area (Å²) in [7, 11) is 0. The maximum Gasteiger partial charge on any atom is 0.335 e. The average molecular weight is 286 g/mol. The maximum absolute atomic E-state index is 12.5. The number of carboxylic acids is 1. The first-order valence-corrected chi connectivity index (χ1v) is 7.29. The van der Waals surface area contributed by atoms with Gasteiger partial charge in [0.05, 0.1) is 5.56 Å². The third-order valence-corrected chi connectivity index (χ3v) is 4.07. The Bertz CT molecular complexity index is 718. The van der Waals surface area contributed by atoms with Gasteiger partial charge in [0.25, 0.3) is 5.91 Å². The average Bonchev–Trinajstić information content (AvgIpc) is 2.85. The van der Waals surface area contributed by atoms with Crippen molar-refractivity contribution in [1.29, 1.82) is 0 Å². The Labute approximate surface area is 122 Å². The molecule has 21 heavy (non-hydrogen) atoms. The van der Waals surface area contributed by atoms with Crippen LogP contribution in [-0.2, 0) is 6.42 Å². The molecule has 5 nitrogen and oxygen atoms in total. The highest BCUT2D eigenvalue weighted by atomic mass is 16.4. The van der Waals surface area contributed by atoms with Gasteiger partial charge in [0.1, 0.15) is 5.69 Å². The van der Waals surface area contributed by atoms with Gasteiger partial charge in [-0.15, -0.1) is 0 Å². The van der Waals surface area contributed by atoms with Crippen molar-refractivity contribution in [3.63, 3.8) is 0 Å². The van der Waals surface area contributed by atoms with E-state index in [1.54, 1.807) is 18.2 Å². The van der Waals surface area contributed by atoms with Crippen LogP contribution in [-0.4, -0.2) is 40.0 Å². The third kappa shape index (κ3) is 2.28. The summed E-state index contributed by atoms with van der Waals surface area (Å²) in [4.78, 5) is 28.6. The van der Waals surface area contributed by atoms with Gasteiger partial charge in [0.15, 0.2) is 0 Å². The molecule has 0 spiro atoms. The minimum Gasteiger partial charge on any atom is -0.478 e. The highest BCUT2D eigenvalue weighted by molar-refractivity contribution is 6.03. The van der Waals surface area contributed by atoms with Crippen LogP contribution in [0, 0.1) is 0 Å². The Hall–Kier alpha value is -2.30. The van der Waals surface area contributed by atoms with Gasteiger partial charge in [-0.1, -0.05) is 13.3 Å². The van der Waals surface area contributed by atoms with Gasteiger partial charge in [-0.05, 0) is 36.6 Å². The van der Waals surface area contributed by atoms with Crippen LogP contribution in [0.1, 0.15) is 46.2 Å². The molecule has 1 aliphatic rings. The second-order valence-electron chi connectivity index (χ2n) is 5.44. The van der Waals surface area contributed by atoms with E-state index >= 15 is 0 Å². The lowest BCUT2D eigenvalue weighted by molar-refractivity contribution is 0.0695. The molecule has 0 saturated carbocycles. The zero-order valence-electron chi connectivity index (χ0n) is 12.0. The number of H-pyrrole nitrogens is 1. The molecule has 1 aromatic carbocycles. The van der Waals surface area contributed by atoms with Gasteiger partial charge < -0.3 is 15.0 Å². The van der Waals surface area contributed by atoms with E-state index < -0.39 is 5.97 Å². The van der Waals surface area contributed by atoms with E-state index in [0.29, 0.717) is 12.2 Å². The fraction of sp³-hybridized carbons (Fsp3) is 0.375. The Balaban J connectivity index is 2.01. The molecule has 1 aromatic heterocycles. The monoisotopic (exact) mass is 286 g/mol. The normalized spacial score (nSPS) is 14.5. The van der Waals surface area contributed by atoms with Crippen molar-refractivity contribution in [1.82, 2.24) is 9.88 Å². The molecule has 3 rings (SSSR count). The zero-order valence-corrected chi connectivity index (χ0v) is 12.0. The van der Waals surface area contributed by atoms with Crippen LogP contribution >= 0.6 is 0 Å². The van der Waals surface area contributed by atoms with Crippen molar-refractivity contribution in [3.8, 4) is 0 Å². The first kappa shape index (κ1) is 13.7. The predicted octanol–water partition coefficient (Wildman–Crippen LogP) is 2.66. The third-order valence-electron chi connectivity index (χ3n) is 4.07. The van der Waals surface area contributed by atoms with E-state index in [2.05, 4.69) is 11.9 Å². The molecule has 2 heterocycles. The minimum atomic E-state index is -0.946. The molecule has 2 N–H and O–H groups in total. The maximum atomic E-state index is 12.5. The first-order chi connectivity index (χ1) is 10.1. The quantitative estimate of drug-likeness (QED) is 0.907. The zero-order chi connectivity index (χ0) is 15.0. The number of fused-ring (bicyclic) bond motifs is 3. The van der Waals surface area contributed by atoms with Gasteiger partial charge in [0, 0.05) is 24.0 Å². The number of nitrogens with one attached hydrogen (secondary N) is 1. The fourth-order valence-corrected chi connectivity index (χ4v) is 2.89. The van der Waals surface area contributed by atoms with Crippen molar-refractivity contribution < 1.29 is 14.7 Å². The van der Waals surface area contributed by atoms with Crippen LogP contribution in [0.5, 0.6) is 0 Å². The Morgan fingerprint density at radius 1 is 1.43 bits per heavy atom. The van der Waals surface area contributed by atoms with Crippen LogP contribution in [0.2, 0.25) is 0 Å². The summed E-state index contributed by atoms with van der Waals surface area (Å²) in [5.74, 6) is -0.920.